The molecule has 49 heavy (non-hydrogen) atoms. The van der Waals surface area contributed by atoms with Crippen molar-refractivity contribution in [1.29, 1.82) is 0 Å². The highest BCUT2D eigenvalue weighted by molar-refractivity contribution is 7.25. The maximum atomic E-state index is 4.19. The van der Waals surface area contributed by atoms with Crippen LogP contribution in [0.15, 0.2) is 176 Å². The van der Waals surface area contributed by atoms with E-state index < -0.39 is 0 Å². The Hall–Kier alpha value is -5.96. The third kappa shape index (κ3) is 5.57. The highest BCUT2D eigenvalue weighted by Crippen LogP contribution is 2.38. The fourth-order valence-corrected chi connectivity index (χ4v) is 8.02. The summed E-state index contributed by atoms with van der Waals surface area (Å²) >= 11 is 1.85. The highest BCUT2D eigenvalue weighted by Gasteiger charge is 2.14. The lowest BCUT2D eigenvalue weighted by Gasteiger charge is -2.09. The second-order valence-electron chi connectivity index (χ2n) is 12.2. The quantitative estimate of drug-likeness (QED) is 0.145. The first-order valence-electron chi connectivity index (χ1n) is 16.6. The van der Waals surface area contributed by atoms with Crippen LogP contribution in [0.5, 0.6) is 0 Å². The standard InChI is InChI=1S/C47H35NS/c1-4-13-34(33(6-3)28-38-30-37-16-8-7-15-36(37)29-35(38)14-5-2)23-21-32-22-25-45-42(27-32)40-17-9-11-19-44(40)48(45)39-24-26-47-43(31-39)41-18-10-12-20-46(41)49-47/h4-31H,1,3H2,2H3/b14-5-,23-21+,33-28+,34-13+. The molecule has 2 aromatic heterocycles. The van der Waals surface area contributed by atoms with Gasteiger partial charge in [0, 0.05) is 36.6 Å². The number of benzene rings is 6. The van der Waals surface area contributed by atoms with E-state index in [1.807, 2.05) is 23.5 Å². The lowest BCUT2D eigenvalue weighted by atomic mass is 9.95. The zero-order valence-electron chi connectivity index (χ0n) is 27.4. The summed E-state index contributed by atoms with van der Waals surface area (Å²) in [6, 6.07) is 44.0. The lowest BCUT2D eigenvalue weighted by molar-refractivity contribution is 1.19. The van der Waals surface area contributed by atoms with Gasteiger partial charge < -0.3 is 4.57 Å². The van der Waals surface area contributed by atoms with E-state index in [4.69, 9.17) is 0 Å². The molecule has 0 fully saturated rings. The van der Waals surface area contributed by atoms with Crippen molar-refractivity contribution in [1.82, 2.24) is 4.57 Å². The van der Waals surface area contributed by atoms with Crippen molar-refractivity contribution in [2.45, 2.75) is 6.92 Å². The molecule has 0 bridgehead atoms. The van der Waals surface area contributed by atoms with E-state index >= 15 is 0 Å². The Bertz CT molecular complexity index is 2700. The molecule has 0 saturated heterocycles. The second-order valence-corrected chi connectivity index (χ2v) is 13.3. The van der Waals surface area contributed by atoms with E-state index in [9.17, 15) is 0 Å². The SMILES string of the molecule is C=C/C=C(\C=C\c1ccc2c(c1)c1ccccc1n2-c1ccc2sc3ccccc3c2c1)C(/C=C)=C/c1cc2ccccc2cc1/C=C\C. The molecule has 0 saturated carbocycles. The van der Waals surface area contributed by atoms with Crippen molar-refractivity contribution in [2.24, 2.45) is 0 Å². The summed E-state index contributed by atoms with van der Waals surface area (Å²) in [5, 5.41) is 7.53. The van der Waals surface area contributed by atoms with Gasteiger partial charge >= 0.3 is 0 Å². The largest absolute Gasteiger partial charge is 0.309 e. The van der Waals surface area contributed by atoms with Crippen molar-refractivity contribution in [3.8, 4) is 5.69 Å². The number of hydrogen-bond donors (Lipinski definition) is 0. The molecule has 6 aromatic carbocycles. The van der Waals surface area contributed by atoms with Gasteiger partial charge in [0.25, 0.3) is 0 Å². The van der Waals surface area contributed by atoms with Crippen molar-refractivity contribution in [3.63, 3.8) is 0 Å². The molecule has 0 unspecified atom stereocenters. The van der Waals surface area contributed by atoms with Crippen molar-refractivity contribution < 1.29 is 0 Å². The van der Waals surface area contributed by atoms with Gasteiger partial charge in [0.15, 0.2) is 0 Å². The average molecular weight is 646 g/mol. The van der Waals surface area contributed by atoms with Crippen LogP contribution in [-0.4, -0.2) is 4.57 Å². The van der Waals surface area contributed by atoms with Gasteiger partial charge in [-0.25, -0.2) is 0 Å². The van der Waals surface area contributed by atoms with Crippen LogP contribution in [0.4, 0.5) is 0 Å². The Morgan fingerprint density at radius 1 is 0.612 bits per heavy atom. The van der Waals surface area contributed by atoms with Crippen molar-refractivity contribution >= 4 is 82.3 Å². The Balaban J connectivity index is 1.20. The molecule has 0 amide bonds. The molecule has 0 spiro atoms. The molecule has 0 N–H and O–H groups in total. The number of fused-ring (bicyclic) bond motifs is 7. The normalized spacial score (nSPS) is 12.8. The van der Waals surface area contributed by atoms with Gasteiger partial charge in [0.2, 0.25) is 0 Å². The Morgan fingerprint density at radius 3 is 2.12 bits per heavy atom. The summed E-state index contributed by atoms with van der Waals surface area (Å²) in [4.78, 5) is 0. The smallest absolute Gasteiger partial charge is 0.0541 e. The summed E-state index contributed by atoms with van der Waals surface area (Å²) < 4.78 is 5.04. The number of allylic oxidation sites excluding steroid dienone is 7. The molecule has 1 nitrogen and oxygen atoms in total. The topological polar surface area (TPSA) is 4.93 Å². The van der Waals surface area contributed by atoms with E-state index in [1.165, 1.54) is 64.0 Å². The van der Waals surface area contributed by atoms with Gasteiger partial charge in [0.05, 0.1) is 11.0 Å². The Kier molecular flexibility index (Phi) is 8.01. The van der Waals surface area contributed by atoms with E-state index in [2.05, 4.69) is 182 Å². The molecule has 8 rings (SSSR count). The Labute approximate surface area is 291 Å². The molecule has 0 aliphatic carbocycles. The van der Waals surface area contributed by atoms with Crippen molar-refractivity contribution in [3.05, 3.63) is 193 Å². The van der Waals surface area contributed by atoms with E-state index in [-0.39, 0.29) is 0 Å². The van der Waals surface area contributed by atoms with Crippen LogP contribution in [0.2, 0.25) is 0 Å². The second kappa shape index (κ2) is 12.9. The van der Waals surface area contributed by atoms with Crippen LogP contribution in [-0.2, 0) is 0 Å². The molecule has 0 atom stereocenters. The minimum Gasteiger partial charge on any atom is -0.309 e. The van der Waals surface area contributed by atoms with Gasteiger partial charge in [-0.2, -0.15) is 0 Å². The zero-order valence-corrected chi connectivity index (χ0v) is 28.3. The molecule has 8 aromatic rings. The third-order valence-electron chi connectivity index (χ3n) is 9.23. The number of thiophene rings is 1. The number of para-hydroxylation sites is 1. The molecule has 0 aliphatic heterocycles. The summed E-state index contributed by atoms with van der Waals surface area (Å²) in [6.45, 7) is 10.3. The number of rotatable bonds is 8. The predicted octanol–water partition coefficient (Wildman–Crippen LogP) is 13.7. The summed E-state index contributed by atoms with van der Waals surface area (Å²) in [5.41, 5.74) is 9.11. The predicted molar refractivity (Wildman–Crippen MR) is 218 cm³/mol. The van der Waals surface area contributed by atoms with Crippen LogP contribution in [0.1, 0.15) is 23.6 Å². The molecule has 0 aliphatic rings. The lowest BCUT2D eigenvalue weighted by Crippen LogP contribution is -1.93. The monoisotopic (exact) mass is 645 g/mol. The molecule has 2 heterocycles. The molecular weight excluding hydrogens is 611 g/mol. The molecule has 2 heteroatoms. The van der Waals surface area contributed by atoms with Gasteiger partial charge in [-0.15, -0.1) is 11.3 Å². The first-order chi connectivity index (χ1) is 24.1. The van der Waals surface area contributed by atoms with E-state index in [1.54, 1.807) is 0 Å². The van der Waals surface area contributed by atoms with Crippen molar-refractivity contribution in [2.75, 3.05) is 0 Å². The van der Waals surface area contributed by atoms with E-state index in [0.717, 1.165) is 22.3 Å². The summed E-state index contributed by atoms with van der Waals surface area (Å²) in [5.74, 6) is 0. The number of hydrogen-bond acceptors (Lipinski definition) is 1. The maximum absolute atomic E-state index is 4.19. The molecule has 234 valence electrons. The molecular formula is C47H35NS. The molecule has 0 radical (unpaired) electrons. The van der Waals surface area contributed by atoms with Crippen LogP contribution in [0.3, 0.4) is 0 Å². The van der Waals surface area contributed by atoms with Gasteiger partial charge in [-0.1, -0.05) is 122 Å². The van der Waals surface area contributed by atoms with Crippen LogP contribution >= 0.6 is 11.3 Å². The first kappa shape index (κ1) is 30.4. The van der Waals surface area contributed by atoms with Gasteiger partial charge in [-0.3, -0.25) is 0 Å². The third-order valence-corrected chi connectivity index (χ3v) is 10.4. The van der Waals surface area contributed by atoms with Gasteiger partial charge in [-0.05, 0) is 106 Å². The van der Waals surface area contributed by atoms with Gasteiger partial charge in [0.1, 0.15) is 0 Å². The Morgan fingerprint density at radius 2 is 1.33 bits per heavy atom. The summed E-state index contributed by atoms with van der Waals surface area (Å²) in [7, 11) is 0. The minimum atomic E-state index is 1.03. The first-order valence-corrected chi connectivity index (χ1v) is 17.4. The zero-order chi connectivity index (χ0) is 33.3. The van der Waals surface area contributed by atoms with E-state index in [0.29, 0.717) is 0 Å². The number of aromatic nitrogens is 1. The van der Waals surface area contributed by atoms with Crippen LogP contribution < -0.4 is 0 Å². The average Bonchev–Trinajstić information content (AvgIpc) is 3.67. The van der Waals surface area contributed by atoms with Crippen LogP contribution in [0.25, 0.3) is 76.7 Å². The fourth-order valence-electron chi connectivity index (χ4n) is 6.94. The minimum absolute atomic E-state index is 1.03. The highest BCUT2D eigenvalue weighted by atomic mass is 32.1. The van der Waals surface area contributed by atoms with Crippen LogP contribution in [0, 0.1) is 0 Å². The fraction of sp³-hybridized carbons (Fsp3) is 0.0213. The summed E-state index contributed by atoms with van der Waals surface area (Å²) in [6.07, 6.45) is 16.7. The number of nitrogens with zero attached hydrogens (tertiary/aromatic N) is 1. The maximum Gasteiger partial charge on any atom is 0.0541 e.